The van der Waals surface area contributed by atoms with Gasteiger partial charge in [-0.05, 0) is 62.4 Å². The zero-order valence-corrected chi connectivity index (χ0v) is 20.3. The van der Waals surface area contributed by atoms with E-state index in [9.17, 15) is 22.0 Å². The third-order valence-corrected chi connectivity index (χ3v) is 9.09. The summed E-state index contributed by atoms with van der Waals surface area (Å²) in [5.74, 6) is 0.341. The summed E-state index contributed by atoms with van der Waals surface area (Å²) in [6.07, 6.45) is -1.74. The number of sulfone groups is 1. The number of ether oxygens (including phenoxy) is 1. The Kier molecular flexibility index (Phi) is 5.70. The molecule has 2 aromatic carbocycles. The van der Waals surface area contributed by atoms with E-state index in [2.05, 4.69) is 0 Å². The van der Waals surface area contributed by atoms with E-state index in [1.807, 2.05) is 6.07 Å². The SMILES string of the molecule is CC(C)S(=O)(=O)c1ccc(C(=O)N2CCC3(CC2)Oc2ccccc2-n2c(C(F)F)ccc23)cc1. The molecule has 9 heteroatoms. The number of aromatic nitrogens is 1. The van der Waals surface area contributed by atoms with Crippen molar-refractivity contribution in [3.8, 4) is 11.4 Å². The number of nitrogens with zero attached hydrogens (tertiary/aromatic N) is 2. The van der Waals surface area contributed by atoms with Crippen LogP contribution in [0.5, 0.6) is 5.75 Å². The van der Waals surface area contributed by atoms with Crippen molar-refractivity contribution in [2.75, 3.05) is 13.1 Å². The molecule has 3 aromatic rings. The zero-order valence-electron chi connectivity index (χ0n) is 19.4. The van der Waals surface area contributed by atoms with Crippen LogP contribution in [-0.2, 0) is 15.4 Å². The molecule has 0 unspecified atom stereocenters. The monoisotopic (exact) mass is 500 g/mol. The lowest BCUT2D eigenvalue weighted by molar-refractivity contribution is -0.0102. The van der Waals surface area contributed by atoms with Crippen LogP contribution in [0.15, 0.2) is 65.6 Å². The van der Waals surface area contributed by atoms with Crippen LogP contribution in [-0.4, -0.2) is 42.1 Å². The second-order valence-electron chi connectivity index (χ2n) is 9.25. The summed E-state index contributed by atoms with van der Waals surface area (Å²) < 4.78 is 60.3. The van der Waals surface area contributed by atoms with E-state index in [1.54, 1.807) is 47.6 Å². The van der Waals surface area contributed by atoms with E-state index >= 15 is 0 Å². The van der Waals surface area contributed by atoms with Crippen LogP contribution in [0, 0.1) is 0 Å². The molecule has 1 aromatic heterocycles. The van der Waals surface area contributed by atoms with Crippen LogP contribution >= 0.6 is 0 Å². The first-order valence-corrected chi connectivity index (χ1v) is 13.1. The van der Waals surface area contributed by atoms with Crippen molar-refractivity contribution in [1.29, 1.82) is 0 Å². The molecule has 0 bridgehead atoms. The molecule has 2 aliphatic heterocycles. The van der Waals surface area contributed by atoms with Gasteiger partial charge < -0.3 is 14.2 Å². The van der Waals surface area contributed by atoms with Gasteiger partial charge in [0, 0.05) is 31.5 Å². The van der Waals surface area contributed by atoms with Crippen LogP contribution < -0.4 is 4.74 Å². The van der Waals surface area contributed by atoms with Gasteiger partial charge in [-0.1, -0.05) is 12.1 Å². The highest BCUT2D eigenvalue weighted by atomic mass is 32.2. The summed E-state index contributed by atoms with van der Waals surface area (Å²) in [5, 5.41) is -0.549. The molecule has 2 aliphatic rings. The second kappa shape index (κ2) is 8.48. The van der Waals surface area contributed by atoms with E-state index in [4.69, 9.17) is 4.74 Å². The third-order valence-electron chi connectivity index (χ3n) is 6.92. The molecule has 184 valence electrons. The van der Waals surface area contributed by atoms with E-state index < -0.39 is 27.1 Å². The summed E-state index contributed by atoms with van der Waals surface area (Å²) in [6.45, 7) is 3.99. The van der Waals surface area contributed by atoms with Crippen molar-refractivity contribution in [2.45, 2.75) is 48.9 Å². The van der Waals surface area contributed by atoms with Crippen molar-refractivity contribution >= 4 is 15.7 Å². The lowest BCUT2D eigenvalue weighted by Crippen LogP contribution is -2.50. The fourth-order valence-corrected chi connectivity index (χ4v) is 5.97. The van der Waals surface area contributed by atoms with Gasteiger partial charge >= 0.3 is 0 Å². The minimum Gasteiger partial charge on any atom is -0.479 e. The fraction of sp³-hybridized carbons (Fsp3) is 0.346. The summed E-state index contributed by atoms with van der Waals surface area (Å²) in [6, 6.07) is 16.3. The Hall–Kier alpha value is -3.20. The number of hydrogen-bond donors (Lipinski definition) is 0. The van der Waals surface area contributed by atoms with Gasteiger partial charge in [0.05, 0.1) is 27.2 Å². The van der Waals surface area contributed by atoms with Crippen molar-refractivity contribution in [3.63, 3.8) is 0 Å². The van der Waals surface area contributed by atoms with Gasteiger partial charge in [0.25, 0.3) is 12.3 Å². The molecule has 0 saturated carbocycles. The molecule has 1 amide bonds. The molecule has 0 aliphatic carbocycles. The minimum atomic E-state index is -3.42. The van der Waals surface area contributed by atoms with Gasteiger partial charge in [-0.3, -0.25) is 4.79 Å². The van der Waals surface area contributed by atoms with Gasteiger partial charge in [0.1, 0.15) is 5.75 Å². The lowest BCUT2D eigenvalue weighted by Gasteiger charge is -2.45. The van der Waals surface area contributed by atoms with E-state index in [-0.39, 0.29) is 16.5 Å². The Morgan fingerprint density at radius 1 is 0.971 bits per heavy atom. The average molecular weight is 501 g/mol. The van der Waals surface area contributed by atoms with Crippen molar-refractivity contribution in [2.24, 2.45) is 0 Å². The number of likely N-dealkylation sites (tertiary alicyclic amines) is 1. The predicted molar refractivity (Wildman–Crippen MR) is 127 cm³/mol. The molecule has 0 radical (unpaired) electrons. The first kappa shape index (κ1) is 23.5. The van der Waals surface area contributed by atoms with Crippen LogP contribution in [0.25, 0.3) is 5.69 Å². The van der Waals surface area contributed by atoms with Crippen molar-refractivity contribution in [3.05, 3.63) is 77.6 Å². The Bertz CT molecular complexity index is 1370. The topological polar surface area (TPSA) is 68.6 Å². The smallest absolute Gasteiger partial charge is 0.278 e. The Morgan fingerprint density at radius 3 is 2.26 bits per heavy atom. The van der Waals surface area contributed by atoms with Gasteiger partial charge in [-0.2, -0.15) is 0 Å². The Morgan fingerprint density at radius 2 is 1.63 bits per heavy atom. The number of benzene rings is 2. The summed E-state index contributed by atoms with van der Waals surface area (Å²) in [7, 11) is -3.42. The quantitative estimate of drug-likeness (QED) is 0.499. The van der Waals surface area contributed by atoms with Crippen LogP contribution in [0.3, 0.4) is 0 Å². The predicted octanol–water partition coefficient (Wildman–Crippen LogP) is 5.12. The average Bonchev–Trinajstić information content (AvgIpc) is 3.31. The number of hydrogen-bond acceptors (Lipinski definition) is 4. The zero-order chi connectivity index (χ0) is 25.0. The first-order valence-electron chi connectivity index (χ1n) is 11.6. The number of carbonyl (C=O) groups is 1. The minimum absolute atomic E-state index is 0.0786. The molecular formula is C26H26F2N2O4S. The van der Waals surface area contributed by atoms with Gasteiger partial charge in [0.2, 0.25) is 0 Å². The standard InChI is InChI=1S/C26H26F2N2O4S/c1-17(2)35(32,33)19-9-7-18(8-10-19)25(31)29-15-13-26(14-16-29)23-12-11-21(24(27)28)30(23)20-5-3-4-6-22(20)34-26/h3-12,17,24H,13-16H2,1-2H3. The maximum absolute atomic E-state index is 13.8. The van der Waals surface area contributed by atoms with Gasteiger partial charge in [0.15, 0.2) is 15.4 Å². The molecule has 1 spiro atoms. The fourth-order valence-electron chi connectivity index (χ4n) is 4.91. The summed E-state index contributed by atoms with van der Waals surface area (Å²) in [5.41, 5.74) is 0.769. The lowest BCUT2D eigenvalue weighted by atomic mass is 9.86. The van der Waals surface area contributed by atoms with Crippen LogP contribution in [0.2, 0.25) is 0 Å². The van der Waals surface area contributed by atoms with Crippen LogP contribution in [0.4, 0.5) is 8.78 Å². The van der Waals surface area contributed by atoms with Crippen molar-refractivity contribution < 1.29 is 26.7 Å². The summed E-state index contributed by atoms with van der Waals surface area (Å²) in [4.78, 5) is 15.0. The first-order chi connectivity index (χ1) is 16.6. The molecule has 1 fully saturated rings. The molecular weight excluding hydrogens is 474 g/mol. The normalized spacial score (nSPS) is 16.8. The highest BCUT2D eigenvalue weighted by Crippen LogP contribution is 2.47. The highest BCUT2D eigenvalue weighted by molar-refractivity contribution is 7.92. The number of carbonyl (C=O) groups excluding carboxylic acids is 1. The maximum Gasteiger partial charge on any atom is 0.278 e. The molecule has 3 heterocycles. The summed E-state index contributed by atoms with van der Waals surface area (Å²) >= 11 is 0. The molecule has 0 atom stereocenters. The van der Waals surface area contributed by atoms with Crippen LogP contribution in [0.1, 0.15) is 54.9 Å². The highest BCUT2D eigenvalue weighted by Gasteiger charge is 2.46. The number of piperidine rings is 1. The largest absolute Gasteiger partial charge is 0.479 e. The number of para-hydroxylation sites is 2. The van der Waals surface area contributed by atoms with E-state index in [0.29, 0.717) is 48.6 Å². The number of fused-ring (bicyclic) bond motifs is 4. The molecule has 1 saturated heterocycles. The molecule has 35 heavy (non-hydrogen) atoms. The third kappa shape index (κ3) is 3.82. The molecule has 6 nitrogen and oxygen atoms in total. The maximum atomic E-state index is 13.8. The molecule has 5 rings (SSSR count). The van der Waals surface area contributed by atoms with E-state index in [1.165, 1.54) is 30.3 Å². The Labute approximate surface area is 203 Å². The van der Waals surface area contributed by atoms with Gasteiger partial charge in [-0.15, -0.1) is 0 Å². The number of amides is 1. The van der Waals surface area contributed by atoms with E-state index in [0.717, 1.165) is 0 Å². The number of halogens is 2. The Balaban J connectivity index is 1.38. The number of rotatable bonds is 4. The second-order valence-corrected chi connectivity index (χ2v) is 11.8. The van der Waals surface area contributed by atoms with Crippen molar-refractivity contribution in [1.82, 2.24) is 9.47 Å². The van der Waals surface area contributed by atoms with Gasteiger partial charge in [-0.25, -0.2) is 17.2 Å². The number of alkyl halides is 2. The molecule has 0 N–H and O–H groups in total.